The molecule has 4 N–H and O–H groups in total. The van der Waals surface area contributed by atoms with Crippen LogP contribution in [0.1, 0.15) is 168 Å². The molecular formula is C39H74O12S. The van der Waals surface area contributed by atoms with Crippen LogP contribution >= 0.6 is 0 Å². The quantitative estimate of drug-likeness (QED) is 0.0216. The second-order valence-electron chi connectivity index (χ2n) is 14.2. The number of unbranched alkanes of at least 4 members (excludes halogenated alkanes) is 20. The predicted octanol–water partition coefficient (Wildman–Crippen LogP) is 7.52. The third-order valence-electron chi connectivity index (χ3n) is 9.39. The fourth-order valence-electron chi connectivity index (χ4n) is 6.25. The molecule has 308 valence electrons. The Labute approximate surface area is 315 Å². The molecule has 0 bridgehead atoms. The van der Waals surface area contributed by atoms with Gasteiger partial charge in [-0.1, -0.05) is 135 Å². The van der Waals surface area contributed by atoms with E-state index in [0.717, 1.165) is 57.8 Å². The second kappa shape index (κ2) is 32.1. The molecule has 6 atom stereocenters. The van der Waals surface area contributed by atoms with E-state index in [2.05, 4.69) is 30.2 Å². The molecule has 1 rings (SSSR count). The van der Waals surface area contributed by atoms with Gasteiger partial charge in [0.25, 0.3) is 0 Å². The Kier molecular flexibility index (Phi) is 30.2. The standard InChI is InChI=1S/C39H74O12S/c1-3-5-7-9-11-13-15-16-17-18-20-22-24-26-28-35(41)49-33(31-47-29-27-25-23-21-19-14-12-10-8-6-4-2)32-48-39-37(43)38(51-52(44,45)46)36(42)34(30-40)50-39/h15-16,33-34,36-40,42-43H,3-14,17-32H2,1-2H3,(H,44,45,46)/b16-15-. The molecule has 13 heteroatoms. The number of ether oxygens (including phenoxy) is 4. The Morgan fingerprint density at radius 2 is 1.21 bits per heavy atom. The molecule has 1 saturated heterocycles. The Morgan fingerprint density at radius 3 is 1.73 bits per heavy atom. The lowest BCUT2D eigenvalue weighted by molar-refractivity contribution is -0.301. The van der Waals surface area contributed by atoms with Crippen molar-refractivity contribution in [3.8, 4) is 0 Å². The van der Waals surface area contributed by atoms with Gasteiger partial charge in [0, 0.05) is 13.0 Å². The summed E-state index contributed by atoms with van der Waals surface area (Å²) in [5.41, 5.74) is 0. The summed E-state index contributed by atoms with van der Waals surface area (Å²) in [5.74, 6) is -0.407. The summed E-state index contributed by atoms with van der Waals surface area (Å²) in [6, 6.07) is 0. The minimum Gasteiger partial charge on any atom is -0.457 e. The van der Waals surface area contributed by atoms with Crippen molar-refractivity contribution in [1.29, 1.82) is 0 Å². The minimum atomic E-state index is -5.05. The normalized spacial score (nSPS) is 21.5. The lowest BCUT2D eigenvalue weighted by Crippen LogP contribution is -2.60. The average molecular weight is 767 g/mol. The Bertz CT molecular complexity index is 978. The SMILES string of the molecule is CCCCCCC/C=C\CCCCCCCC(=O)OC(COCCCCCCCCCCCCC)COC1OC(CO)C(O)C(OS(=O)(=O)O)C1O. The number of aliphatic hydroxyl groups is 3. The van der Waals surface area contributed by atoms with Crippen molar-refractivity contribution in [2.75, 3.05) is 26.4 Å². The highest BCUT2D eigenvalue weighted by Crippen LogP contribution is 2.26. The predicted molar refractivity (Wildman–Crippen MR) is 202 cm³/mol. The van der Waals surface area contributed by atoms with Gasteiger partial charge in [0.1, 0.15) is 30.5 Å². The molecule has 0 radical (unpaired) electrons. The molecule has 0 amide bonds. The number of rotatable bonds is 35. The van der Waals surface area contributed by atoms with Crippen LogP contribution < -0.4 is 0 Å². The summed E-state index contributed by atoms with van der Waals surface area (Å²) >= 11 is 0. The van der Waals surface area contributed by atoms with Crippen LogP contribution in [0, 0.1) is 0 Å². The third kappa shape index (κ3) is 25.8. The van der Waals surface area contributed by atoms with Crippen LogP contribution in [-0.4, -0.2) is 97.5 Å². The van der Waals surface area contributed by atoms with Gasteiger partial charge in [-0.3, -0.25) is 9.35 Å². The van der Waals surface area contributed by atoms with E-state index in [0.29, 0.717) is 13.0 Å². The summed E-state index contributed by atoms with van der Waals surface area (Å²) < 4.78 is 58.8. The van der Waals surface area contributed by atoms with E-state index in [9.17, 15) is 28.5 Å². The smallest absolute Gasteiger partial charge is 0.397 e. The first-order chi connectivity index (χ1) is 25.1. The lowest BCUT2D eigenvalue weighted by atomic mass is 9.99. The van der Waals surface area contributed by atoms with Crippen LogP contribution in [0.4, 0.5) is 0 Å². The number of aliphatic hydroxyl groups excluding tert-OH is 3. The van der Waals surface area contributed by atoms with Crippen LogP contribution in [0.3, 0.4) is 0 Å². The number of hydrogen-bond acceptors (Lipinski definition) is 11. The maximum atomic E-state index is 12.8. The van der Waals surface area contributed by atoms with Crippen LogP contribution in [0.2, 0.25) is 0 Å². The van der Waals surface area contributed by atoms with Crippen molar-refractivity contribution < 1.29 is 56.2 Å². The molecular weight excluding hydrogens is 692 g/mol. The van der Waals surface area contributed by atoms with Gasteiger partial charge in [0.05, 0.1) is 19.8 Å². The van der Waals surface area contributed by atoms with E-state index in [1.54, 1.807) is 0 Å². The maximum Gasteiger partial charge on any atom is 0.397 e. The molecule has 1 aliphatic heterocycles. The molecule has 12 nitrogen and oxygen atoms in total. The summed E-state index contributed by atoms with van der Waals surface area (Å²) in [4.78, 5) is 12.8. The van der Waals surface area contributed by atoms with Crippen molar-refractivity contribution in [3.05, 3.63) is 12.2 Å². The van der Waals surface area contributed by atoms with Crippen molar-refractivity contribution >= 4 is 16.4 Å². The molecule has 6 unspecified atom stereocenters. The Balaban J connectivity index is 2.49. The maximum absolute atomic E-state index is 12.8. The fraction of sp³-hybridized carbons (Fsp3) is 0.923. The van der Waals surface area contributed by atoms with Gasteiger partial charge in [0.2, 0.25) is 0 Å². The topological polar surface area (TPSA) is 178 Å². The zero-order chi connectivity index (χ0) is 38.3. The summed E-state index contributed by atoms with van der Waals surface area (Å²) in [6.45, 7) is 3.96. The van der Waals surface area contributed by atoms with Gasteiger partial charge < -0.3 is 34.3 Å². The average Bonchev–Trinajstić information content (AvgIpc) is 3.11. The largest absolute Gasteiger partial charge is 0.457 e. The van der Waals surface area contributed by atoms with Gasteiger partial charge >= 0.3 is 16.4 Å². The first-order valence-corrected chi connectivity index (χ1v) is 21.8. The molecule has 1 aliphatic rings. The number of carbonyl (C=O) groups excluding carboxylic acids is 1. The first kappa shape index (κ1) is 48.9. The van der Waals surface area contributed by atoms with E-state index >= 15 is 0 Å². The zero-order valence-electron chi connectivity index (χ0n) is 32.4. The van der Waals surface area contributed by atoms with Crippen molar-refractivity contribution in [2.24, 2.45) is 0 Å². The molecule has 0 spiro atoms. The van der Waals surface area contributed by atoms with E-state index in [-0.39, 0.29) is 19.6 Å². The van der Waals surface area contributed by atoms with E-state index in [1.165, 1.54) is 83.5 Å². The highest BCUT2D eigenvalue weighted by molar-refractivity contribution is 7.80. The van der Waals surface area contributed by atoms with Gasteiger partial charge in [-0.05, 0) is 38.5 Å². The van der Waals surface area contributed by atoms with Gasteiger partial charge in [-0.15, -0.1) is 0 Å². The highest BCUT2D eigenvalue weighted by Gasteiger charge is 2.48. The number of esters is 1. The van der Waals surface area contributed by atoms with Gasteiger partial charge in [-0.25, -0.2) is 4.18 Å². The van der Waals surface area contributed by atoms with Crippen LogP contribution in [0.25, 0.3) is 0 Å². The lowest BCUT2D eigenvalue weighted by Gasteiger charge is -2.41. The second-order valence-corrected chi connectivity index (χ2v) is 15.3. The van der Waals surface area contributed by atoms with Crippen molar-refractivity contribution in [3.63, 3.8) is 0 Å². The number of hydrogen-bond donors (Lipinski definition) is 4. The Morgan fingerprint density at radius 1 is 0.712 bits per heavy atom. The fourth-order valence-corrected chi connectivity index (χ4v) is 6.76. The third-order valence-corrected chi connectivity index (χ3v) is 9.85. The molecule has 0 aromatic heterocycles. The number of allylic oxidation sites excluding steroid dienone is 2. The molecule has 0 aliphatic carbocycles. The van der Waals surface area contributed by atoms with E-state index in [4.69, 9.17) is 23.5 Å². The molecule has 0 aromatic carbocycles. The van der Waals surface area contributed by atoms with Gasteiger partial charge in [0.15, 0.2) is 6.29 Å². The van der Waals surface area contributed by atoms with Crippen molar-refractivity contribution in [2.45, 2.75) is 205 Å². The summed E-state index contributed by atoms with van der Waals surface area (Å²) in [5, 5.41) is 30.5. The monoisotopic (exact) mass is 766 g/mol. The first-order valence-electron chi connectivity index (χ1n) is 20.4. The molecule has 1 heterocycles. The van der Waals surface area contributed by atoms with Crippen LogP contribution in [0.5, 0.6) is 0 Å². The molecule has 0 saturated carbocycles. The molecule has 0 aromatic rings. The van der Waals surface area contributed by atoms with Crippen LogP contribution in [0.15, 0.2) is 12.2 Å². The highest BCUT2D eigenvalue weighted by atomic mass is 32.3. The van der Waals surface area contributed by atoms with Crippen LogP contribution in [-0.2, 0) is 38.3 Å². The zero-order valence-corrected chi connectivity index (χ0v) is 33.2. The number of carbonyl (C=O) groups is 1. The van der Waals surface area contributed by atoms with Gasteiger partial charge in [-0.2, -0.15) is 8.42 Å². The van der Waals surface area contributed by atoms with E-state index < -0.39 is 59.8 Å². The summed E-state index contributed by atoms with van der Waals surface area (Å²) in [6.07, 6.45) is 22.5. The minimum absolute atomic E-state index is 0.0373. The van der Waals surface area contributed by atoms with E-state index in [1.807, 2.05) is 0 Å². The molecule has 1 fully saturated rings. The molecule has 52 heavy (non-hydrogen) atoms. The Hall–Kier alpha value is -1.16. The summed E-state index contributed by atoms with van der Waals surface area (Å²) in [7, 11) is -5.05. The van der Waals surface area contributed by atoms with Crippen molar-refractivity contribution in [1.82, 2.24) is 0 Å².